The summed E-state index contributed by atoms with van der Waals surface area (Å²) in [6.45, 7) is 6.47. The second-order valence-electron chi connectivity index (χ2n) is 7.00. The molecule has 0 bridgehead atoms. The lowest BCUT2D eigenvalue weighted by Gasteiger charge is -2.23. The summed E-state index contributed by atoms with van der Waals surface area (Å²) in [5.74, 6) is 2.02. The zero-order valence-corrected chi connectivity index (χ0v) is 15.5. The molecule has 3 aromatic rings. The van der Waals surface area contributed by atoms with Crippen LogP contribution in [0.3, 0.4) is 0 Å². The molecule has 2 atom stereocenters. The number of para-hydroxylation sites is 2. The first-order valence-corrected chi connectivity index (χ1v) is 9.03. The highest BCUT2D eigenvalue weighted by Crippen LogP contribution is 2.26. The first-order valence-electron chi connectivity index (χ1n) is 9.03. The van der Waals surface area contributed by atoms with E-state index in [1.165, 1.54) is 0 Å². The smallest absolute Gasteiger partial charge is 0.415 e. The number of nitrogens with zero attached hydrogens (tertiary/aromatic N) is 4. The summed E-state index contributed by atoms with van der Waals surface area (Å²) in [5, 5.41) is 3.25. The Hall–Kier alpha value is -3.16. The van der Waals surface area contributed by atoms with Crippen molar-refractivity contribution in [3.63, 3.8) is 0 Å². The molecule has 27 heavy (non-hydrogen) atoms. The molecule has 1 aliphatic rings. The number of nitrogens with one attached hydrogen (secondary N) is 2. The van der Waals surface area contributed by atoms with Gasteiger partial charge in [-0.05, 0) is 31.0 Å². The predicted octanol–water partition coefficient (Wildman–Crippen LogP) is 3.51. The van der Waals surface area contributed by atoms with Crippen LogP contribution >= 0.6 is 0 Å². The molecule has 0 spiro atoms. The van der Waals surface area contributed by atoms with Gasteiger partial charge in [0.15, 0.2) is 0 Å². The van der Waals surface area contributed by atoms with Crippen LogP contribution in [0.15, 0.2) is 36.5 Å². The second kappa shape index (κ2) is 6.86. The summed E-state index contributed by atoms with van der Waals surface area (Å²) in [5.41, 5.74) is 1.89. The Morgan fingerprint density at radius 3 is 2.81 bits per heavy atom. The zero-order valence-electron chi connectivity index (χ0n) is 15.5. The number of fused-ring (bicyclic) bond motifs is 1. The predicted molar refractivity (Wildman–Crippen MR) is 103 cm³/mol. The third kappa shape index (κ3) is 3.30. The minimum Gasteiger partial charge on any atom is -0.447 e. The van der Waals surface area contributed by atoms with Crippen molar-refractivity contribution in [1.29, 1.82) is 0 Å². The minimum absolute atomic E-state index is 0.0342. The molecule has 0 aliphatic carbocycles. The van der Waals surface area contributed by atoms with E-state index in [0.717, 1.165) is 16.9 Å². The maximum Gasteiger partial charge on any atom is 0.415 e. The topological polar surface area (TPSA) is 96.0 Å². The summed E-state index contributed by atoms with van der Waals surface area (Å²) in [4.78, 5) is 30.5. The molecule has 0 saturated carbocycles. The number of imidazole rings is 1. The van der Waals surface area contributed by atoms with Crippen molar-refractivity contribution >= 4 is 28.9 Å². The van der Waals surface area contributed by atoms with Gasteiger partial charge in [-0.1, -0.05) is 26.0 Å². The van der Waals surface area contributed by atoms with Crippen molar-refractivity contribution in [2.24, 2.45) is 5.92 Å². The van der Waals surface area contributed by atoms with Crippen LogP contribution in [0, 0.1) is 5.92 Å². The number of hydrogen-bond acceptors (Lipinski definition) is 6. The molecule has 1 amide bonds. The standard InChI is InChI=1S/C19H22N6O2/c1-11(2)15-10-27-19(26)25(15)16-8-9-20-18(24-16)21-12(3)17-22-13-6-4-5-7-14(13)23-17/h4-9,11-12,15H,10H2,1-3H3,(H,22,23)(H,20,21,24)/t12-,15?/m0/s1. The van der Waals surface area contributed by atoms with Gasteiger partial charge in [0.25, 0.3) is 0 Å². The van der Waals surface area contributed by atoms with E-state index in [1.54, 1.807) is 17.2 Å². The first-order chi connectivity index (χ1) is 13.0. The van der Waals surface area contributed by atoms with Crippen LogP contribution in [0.2, 0.25) is 0 Å². The lowest BCUT2D eigenvalue weighted by atomic mass is 10.0. The molecule has 3 heterocycles. The van der Waals surface area contributed by atoms with Gasteiger partial charge in [0.2, 0.25) is 5.95 Å². The van der Waals surface area contributed by atoms with Gasteiger partial charge < -0.3 is 15.0 Å². The second-order valence-corrected chi connectivity index (χ2v) is 7.00. The van der Waals surface area contributed by atoms with E-state index < -0.39 is 0 Å². The van der Waals surface area contributed by atoms with Crippen molar-refractivity contribution in [1.82, 2.24) is 19.9 Å². The normalized spacial score (nSPS) is 18.1. The van der Waals surface area contributed by atoms with Crippen LogP contribution in [0.5, 0.6) is 0 Å². The molecule has 1 saturated heterocycles. The maximum atomic E-state index is 12.2. The summed E-state index contributed by atoms with van der Waals surface area (Å²) in [7, 11) is 0. The fraction of sp³-hybridized carbons (Fsp3) is 0.368. The van der Waals surface area contributed by atoms with Gasteiger partial charge in [-0.25, -0.2) is 14.8 Å². The van der Waals surface area contributed by atoms with Crippen molar-refractivity contribution in [3.8, 4) is 0 Å². The SMILES string of the molecule is CC(C)C1COC(=O)N1c1ccnc(N[C@@H](C)c2nc3ccccc3[nH]2)n1. The van der Waals surface area contributed by atoms with Crippen molar-refractivity contribution in [2.45, 2.75) is 32.9 Å². The molecule has 140 valence electrons. The Morgan fingerprint density at radius 2 is 2.04 bits per heavy atom. The third-order valence-electron chi connectivity index (χ3n) is 4.73. The van der Waals surface area contributed by atoms with E-state index in [4.69, 9.17) is 4.74 Å². The first kappa shape index (κ1) is 17.3. The zero-order chi connectivity index (χ0) is 19.0. The average Bonchev–Trinajstić information content (AvgIpc) is 3.25. The number of carbonyl (C=O) groups excluding carboxylic acids is 1. The third-order valence-corrected chi connectivity index (χ3v) is 4.73. The van der Waals surface area contributed by atoms with E-state index in [9.17, 15) is 4.79 Å². The Balaban J connectivity index is 1.56. The highest BCUT2D eigenvalue weighted by molar-refractivity contribution is 5.89. The lowest BCUT2D eigenvalue weighted by Crippen LogP contribution is -2.37. The number of hydrogen-bond donors (Lipinski definition) is 2. The number of aromatic nitrogens is 4. The molecule has 1 aromatic carbocycles. The molecule has 8 nitrogen and oxygen atoms in total. The van der Waals surface area contributed by atoms with Gasteiger partial charge in [-0.2, -0.15) is 4.98 Å². The van der Waals surface area contributed by atoms with Crippen LogP contribution in [-0.2, 0) is 4.74 Å². The molecule has 8 heteroatoms. The largest absolute Gasteiger partial charge is 0.447 e. The molecule has 4 rings (SSSR count). The Kier molecular flexibility index (Phi) is 4.39. The number of aromatic amines is 1. The van der Waals surface area contributed by atoms with Crippen molar-refractivity contribution < 1.29 is 9.53 Å². The van der Waals surface area contributed by atoms with Gasteiger partial charge in [-0.15, -0.1) is 0 Å². The number of benzene rings is 1. The summed E-state index contributed by atoms with van der Waals surface area (Å²) in [6.07, 6.45) is 1.27. The number of ether oxygens (including phenoxy) is 1. The Morgan fingerprint density at radius 1 is 1.22 bits per heavy atom. The van der Waals surface area contributed by atoms with Gasteiger partial charge in [0.1, 0.15) is 18.2 Å². The fourth-order valence-electron chi connectivity index (χ4n) is 3.18. The number of cyclic esters (lactones) is 1. The molecule has 0 radical (unpaired) electrons. The molecular weight excluding hydrogens is 344 g/mol. The molecule has 1 aliphatic heterocycles. The van der Waals surface area contributed by atoms with Gasteiger partial charge in [0.05, 0.1) is 23.1 Å². The summed E-state index contributed by atoms with van der Waals surface area (Å²) < 4.78 is 5.21. The van der Waals surface area contributed by atoms with E-state index in [-0.39, 0.29) is 24.1 Å². The van der Waals surface area contributed by atoms with Crippen LogP contribution in [0.25, 0.3) is 11.0 Å². The highest BCUT2D eigenvalue weighted by atomic mass is 16.6. The monoisotopic (exact) mass is 366 g/mol. The number of rotatable bonds is 5. The van der Waals surface area contributed by atoms with E-state index in [0.29, 0.717) is 18.4 Å². The van der Waals surface area contributed by atoms with E-state index in [2.05, 4.69) is 39.1 Å². The highest BCUT2D eigenvalue weighted by Gasteiger charge is 2.37. The molecule has 2 aromatic heterocycles. The molecule has 1 unspecified atom stereocenters. The van der Waals surface area contributed by atoms with Crippen LogP contribution in [-0.4, -0.2) is 38.7 Å². The Labute approximate surface area is 157 Å². The lowest BCUT2D eigenvalue weighted by molar-refractivity contribution is 0.177. The summed E-state index contributed by atoms with van der Waals surface area (Å²) >= 11 is 0. The minimum atomic E-state index is -0.372. The number of anilines is 2. The van der Waals surface area contributed by atoms with Crippen LogP contribution in [0.4, 0.5) is 16.6 Å². The van der Waals surface area contributed by atoms with Crippen LogP contribution < -0.4 is 10.2 Å². The number of amides is 1. The molecule has 2 N–H and O–H groups in total. The van der Waals surface area contributed by atoms with Crippen molar-refractivity contribution in [3.05, 3.63) is 42.4 Å². The molecular formula is C19H22N6O2. The van der Waals surface area contributed by atoms with Crippen molar-refractivity contribution in [2.75, 3.05) is 16.8 Å². The number of carbonyl (C=O) groups is 1. The van der Waals surface area contributed by atoms with Crippen LogP contribution in [0.1, 0.15) is 32.6 Å². The van der Waals surface area contributed by atoms with E-state index in [1.807, 2.05) is 31.2 Å². The maximum absolute atomic E-state index is 12.2. The van der Waals surface area contributed by atoms with E-state index >= 15 is 0 Å². The molecule has 1 fully saturated rings. The quantitative estimate of drug-likeness (QED) is 0.717. The average molecular weight is 366 g/mol. The number of H-pyrrole nitrogens is 1. The summed E-state index contributed by atoms with van der Waals surface area (Å²) in [6, 6.07) is 9.43. The Bertz CT molecular complexity index is 936. The van der Waals surface area contributed by atoms with Gasteiger partial charge >= 0.3 is 6.09 Å². The fourth-order valence-corrected chi connectivity index (χ4v) is 3.18. The van der Waals surface area contributed by atoms with Gasteiger partial charge in [-0.3, -0.25) is 4.90 Å². The van der Waals surface area contributed by atoms with Gasteiger partial charge in [0, 0.05) is 6.20 Å².